The Morgan fingerprint density at radius 2 is 2.21 bits per heavy atom. The second kappa shape index (κ2) is 3.84. The number of hydrogen-bond donors (Lipinski definition) is 0. The van der Waals surface area contributed by atoms with Gasteiger partial charge in [-0.2, -0.15) is 0 Å². The first-order chi connectivity index (χ1) is 6.83. The Morgan fingerprint density at radius 3 is 2.86 bits per heavy atom. The van der Waals surface area contributed by atoms with Crippen molar-refractivity contribution >= 4 is 27.9 Å². The molecule has 72 valence electrons. The first-order valence-electron chi connectivity index (χ1n) is 4.12. The minimum Gasteiger partial charge on any atom is -0.478 e. The van der Waals surface area contributed by atoms with Crippen LogP contribution in [0.3, 0.4) is 0 Å². The fourth-order valence-corrected chi connectivity index (χ4v) is 1.75. The average Bonchev–Trinajstić information content (AvgIpc) is 2.64. The van der Waals surface area contributed by atoms with Gasteiger partial charge in [0.05, 0.1) is 5.69 Å². The van der Waals surface area contributed by atoms with Crippen LogP contribution in [0.25, 0.3) is 0 Å². The molecule has 0 aromatic heterocycles. The molecule has 2 rings (SSSR count). The summed E-state index contributed by atoms with van der Waals surface area (Å²) in [6.45, 7) is 0.436. The smallest absolute Gasteiger partial charge is 0.165 e. The maximum absolute atomic E-state index is 10.8. The molecule has 0 bridgehead atoms. The number of para-hydroxylation sites is 1. The molecular weight excluding hydrogens is 246 g/mol. The van der Waals surface area contributed by atoms with Gasteiger partial charge in [-0.1, -0.05) is 12.1 Å². The highest BCUT2D eigenvalue weighted by atomic mass is 79.9. The molecule has 1 heterocycles. The van der Waals surface area contributed by atoms with Gasteiger partial charge in [-0.3, -0.25) is 9.69 Å². The number of carbonyl (C=O) groups excluding carboxylic acids is 1. The highest BCUT2D eigenvalue weighted by molar-refractivity contribution is 9.11. The van der Waals surface area contributed by atoms with E-state index in [0.29, 0.717) is 12.3 Å². The number of ether oxygens (including phenoxy) is 1. The van der Waals surface area contributed by atoms with Crippen LogP contribution in [0.4, 0.5) is 5.69 Å². The van der Waals surface area contributed by atoms with Crippen molar-refractivity contribution in [1.82, 2.24) is 0 Å². The number of hydrogen-bond acceptors (Lipinski definition) is 3. The Hall–Kier alpha value is -1.29. The molecule has 1 aliphatic heterocycles. The number of aldehydes is 1. The van der Waals surface area contributed by atoms with Crippen molar-refractivity contribution in [3.8, 4) is 0 Å². The number of carbonyl (C=O) groups is 1. The van der Waals surface area contributed by atoms with Crippen LogP contribution in [0.15, 0.2) is 35.1 Å². The van der Waals surface area contributed by atoms with E-state index in [1.807, 2.05) is 23.1 Å². The van der Waals surface area contributed by atoms with Crippen LogP contribution in [-0.4, -0.2) is 13.0 Å². The number of rotatable bonds is 2. The molecule has 0 atom stereocenters. The summed E-state index contributed by atoms with van der Waals surface area (Å²) in [5, 5.41) is 0. The van der Waals surface area contributed by atoms with Gasteiger partial charge in [0.25, 0.3) is 0 Å². The van der Waals surface area contributed by atoms with Crippen LogP contribution in [-0.2, 0) is 4.74 Å². The molecule has 0 aliphatic carbocycles. The zero-order valence-corrected chi connectivity index (χ0v) is 8.90. The molecule has 0 N–H and O–H groups in total. The van der Waals surface area contributed by atoms with Crippen LogP contribution >= 0.6 is 15.9 Å². The van der Waals surface area contributed by atoms with Gasteiger partial charge in [-0.15, -0.1) is 0 Å². The molecule has 3 nitrogen and oxygen atoms in total. The van der Waals surface area contributed by atoms with E-state index in [0.717, 1.165) is 16.6 Å². The lowest BCUT2D eigenvalue weighted by Gasteiger charge is -2.17. The molecule has 0 amide bonds. The third-order valence-electron chi connectivity index (χ3n) is 2.00. The van der Waals surface area contributed by atoms with Gasteiger partial charge in [0, 0.05) is 5.56 Å². The summed E-state index contributed by atoms with van der Waals surface area (Å²) in [7, 11) is 0. The van der Waals surface area contributed by atoms with Gasteiger partial charge in [0.2, 0.25) is 0 Å². The highest BCUT2D eigenvalue weighted by Crippen LogP contribution is 2.28. The summed E-state index contributed by atoms with van der Waals surface area (Å²) in [6, 6.07) is 7.39. The van der Waals surface area contributed by atoms with Gasteiger partial charge in [-0.25, -0.2) is 0 Å². The van der Waals surface area contributed by atoms with E-state index in [9.17, 15) is 4.79 Å². The van der Waals surface area contributed by atoms with E-state index < -0.39 is 0 Å². The molecule has 4 heteroatoms. The van der Waals surface area contributed by atoms with Crippen molar-refractivity contribution in [1.29, 1.82) is 0 Å². The Labute approximate surface area is 90.1 Å². The predicted molar refractivity (Wildman–Crippen MR) is 57.3 cm³/mol. The van der Waals surface area contributed by atoms with Crippen molar-refractivity contribution in [3.05, 3.63) is 40.7 Å². The van der Waals surface area contributed by atoms with E-state index in [1.54, 1.807) is 12.3 Å². The Balaban J connectivity index is 2.40. The third kappa shape index (κ3) is 1.53. The molecule has 0 radical (unpaired) electrons. The SMILES string of the molecule is O=Cc1ccccc1N1COC=C1Br. The molecular formula is C10H8BrNO2. The minimum atomic E-state index is 0.436. The monoisotopic (exact) mass is 253 g/mol. The molecule has 0 saturated carbocycles. The van der Waals surface area contributed by atoms with Crippen LogP contribution in [0.1, 0.15) is 10.4 Å². The minimum absolute atomic E-state index is 0.436. The molecule has 1 aliphatic rings. The van der Waals surface area contributed by atoms with E-state index >= 15 is 0 Å². The maximum Gasteiger partial charge on any atom is 0.165 e. The highest BCUT2D eigenvalue weighted by Gasteiger charge is 2.17. The summed E-state index contributed by atoms with van der Waals surface area (Å²) >= 11 is 3.35. The number of benzene rings is 1. The zero-order chi connectivity index (χ0) is 9.97. The largest absolute Gasteiger partial charge is 0.478 e. The fourth-order valence-electron chi connectivity index (χ4n) is 1.32. The lowest BCUT2D eigenvalue weighted by molar-refractivity contribution is 0.112. The molecule has 14 heavy (non-hydrogen) atoms. The van der Waals surface area contributed by atoms with Gasteiger partial charge in [-0.05, 0) is 28.1 Å². The first-order valence-corrected chi connectivity index (χ1v) is 4.91. The Kier molecular flexibility index (Phi) is 2.54. The summed E-state index contributed by atoms with van der Waals surface area (Å²) < 4.78 is 5.95. The van der Waals surface area contributed by atoms with Crippen molar-refractivity contribution < 1.29 is 9.53 Å². The van der Waals surface area contributed by atoms with Crippen LogP contribution < -0.4 is 4.90 Å². The lowest BCUT2D eigenvalue weighted by atomic mass is 10.2. The standard InChI is InChI=1S/C10H8BrNO2/c11-10-6-14-7-12(10)9-4-2-1-3-8(9)5-13/h1-6H,7H2. The normalized spacial score (nSPS) is 14.9. The van der Waals surface area contributed by atoms with Gasteiger partial charge in [0.1, 0.15) is 10.9 Å². The van der Waals surface area contributed by atoms with Crippen molar-refractivity contribution in [2.45, 2.75) is 0 Å². The van der Waals surface area contributed by atoms with E-state index in [4.69, 9.17) is 4.74 Å². The lowest BCUT2D eigenvalue weighted by Crippen LogP contribution is -2.17. The third-order valence-corrected chi connectivity index (χ3v) is 2.61. The predicted octanol–water partition coefficient (Wildman–Crippen LogP) is 2.49. The van der Waals surface area contributed by atoms with Crippen molar-refractivity contribution in [2.75, 3.05) is 11.6 Å². The molecule has 0 unspecified atom stereocenters. The molecule has 0 spiro atoms. The second-order valence-electron chi connectivity index (χ2n) is 2.84. The van der Waals surface area contributed by atoms with Gasteiger partial charge in [0.15, 0.2) is 13.0 Å². The van der Waals surface area contributed by atoms with Crippen LogP contribution in [0.2, 0.25) is 0 Å². The van der Waals surface area contributed by atoms with Crippen LogP contribution in [0.5, 0.6) is 0 Å². The van der Waals surface area contributed by atoms with Crippen molar-refractivity contribution in [2.24, 2.45) is 0 Å². The zero-order valence-electron chi connectivity index (χ0n) is 7.31. The second-order valence-corrected chi connectivity index (χ2v) is 3.65. The van der Waals surface area contributed by atoms with E-state index in [-0.39, 0.29) is 0 Å². The molecule has 0 saturated heterocycles. The van der Waals surface area contributed by atoms with Gasteiger partial charge >= 0.3 is 0 Å². The maximum atomic E-state index is 10.8. The number of anilines is 1. The Morgan fingerprint density at radius 1 is 1.43 bits per heavy atom. The first kappa shape index (κ1) is 9.27. The van der Waals surface area contributed by atoms with E-state index in [2.05, 4.69) is 15.9 Å². The average molecular weight is 254 g/mol. The number of halogens is 1. The summed E-state index contributed by atoms with van der Waals surface area (Å²) in [5.41, 5.74) is 1.51. The van der Waals surface area contributed by atoms with Crippen LogP contribution in [0, 0.1) is 0 Å². The molecule has 1 aromatic rings. The van der Waals surface area contributed by atoms with Gasteiger partial charge < -0.3 is 4.74 Å². The summed E-state index contributed by atoms with van der Waals surface area (Å²) in [5.74, 6) is 0. The molecule has 0 fully saturated rings. The quantitative estimate of drug-likeness (QED) is 0.599. The fraction of sp³-hybridized carbons (Fsp3) is 0.100. The topological polar surface area (TPSA) is 29.5 Å². The molecule has 1 aromatic carbocycles. The van der Waals surface area contributed by atoms with E-state index in [1.165, 1.54) is 0 Å². The Bertz CT molecular complexity index is 389. The number of nitrogens with zero attached hydrogens (tertiary/aromatic N) is 1. The summed E-state index contributed by atoms with van der Waals surface area (Å²) in [4.78, 5) is 12.7. The van der Waals surface area contributed by atoms with Crippen molar-refractivity contribution in [3.63, 3.8) is 0 Å². The summed E-state index contributed by atoms with van der Waals surface area (Å²) in [6.07, 6.45) is 2.45.